The maximum atomic E-state index is 12.5. The minimum atomic E-state index is -4.16. The van der Waals surface area contributed by atoms with Crippen molar-refractivity contribution < 1.29 is 13.2 Å². The van der Waals surface area contributed by atoms with Crippen molar-refractivity contribution in [1.82, 2.24) is 25.1 Å². The smallest absolute Gasteiger partial charge is 0.352 e. The van der Waals surface area contributed by atoms with Crippen molar-refractivity contribution in [2.75, 3.05) is 26.7 Å². The Hall–Kier alpha value is -1.82. The molecule has 1 aliphatic heterocycles. The van der Waals surface area contributed by atoms with Gasteiger partial charge in [-0.15, -0.1) is 24.0 Å². The molecule has 10 heteroatoms. The molecular formula is C19H26F3IN6. The highest BCUT2D eigenvalue weighted by molar-refractivity contribution is 14.0. The first-order valence-corrected chi connectivity index (χ1v) is 9.21. The summed E-state index contributed by atoms with van der Waals surface area (Å²) in [5, 5.41) is 6.46. The third kappa shape index (κ3) is 7.84. The van der Waals surface area contributed by atoms with Gasteiger partial charge in [0.1, 0.15) is 0 Å². The number of rotatable bonds is 6. The average Bonchev–Trinajstić information content (AvgIpc) is 3.29. The summed E-state index contributed by atoms with van der Waals surface area (Å²) >= 11 is 0. The number of guanidine groups is 1. The van der Waals surface area contributed by atoms with Crippen LogP contribution in [-0.4, -0.2) is 59.3 Å². The van der Waals surface area contributed by atoms with Crippen molar-refractivity contribution in [3.63, 3.8) is 0 Å². The van der Waals surface area contributed by atoms with Gasteiger partial charge in [-0.25, -0.2) is 4.98 Å². The molecule has 1 saturated heterocycles. The molecule has 2 N–H and O–H groups in total. The summed E-state index contributed by atoms with van der Waals surface area (Å²) in [6.07, 6.45) is 1.95. The Kier molecular flexibility index (Phi) is 8.75. The molecule has 0 bridgehead atoms. The number of nitrogens with zero attached hydrogens (tertiary/aromatic N) is 4. The van der Waals surface area contributed by atoms with Gasteiger partial charge in [-0.2, -0.15) is 13.2 Å². The maximum absolute atomic E-state index is 12.5. The highest BCUT2D eigenvalue weighted by Gasteiger charge is 2.34. The zero-order valence-electron chi connectivity index (χ0n) is 16.2. The van der Waals surface area contributed by atoms with Gasteiger partial charge in [0.25, 0.3) is 0 Å². The molecule has 29 heavy (non-hydrogen) atoms. The van der Waals surface area contributed by atoms with Crippen LogP contribution in [0.1, 0.15) is 17.5 Å². The molecule has 1 aromatic heterocycles. The molecule has 0 radical (unpaired) electrons. The van der Waals surface area contributed by atoms with Crippen molar-refractivity contribution in [2.45, 2.75) is 31.7 Å². The summed E-state index contributed by atoms with van der Waals surface area (Å²) in [5.74, 6) is 0.596. The molecule has 1 unspecified atom stereocenters. The van der Waals surface area contributed by atoms with Crippen molar-refractivity contribution in [1.29, 1.82) is 0 Å². The van der Waals surface area contributed by atoms with Crippen LogP contribution in [0.3, 0.4) is 0 Å². The van der Waals surface area contributed by atoms with Gasteiger partial charge in [-0.1, -0.05) is 24.3 Å². The van der Waals surface area contributed by atoms with Crippen LogP contribution >= 0.6 is 24.0 Å². The van der Waals surface area contributed by atoms with Gasteiger partial charge in [0, 0.05) is 51.7 Å². The number of benzene rings is 1. The standard InChI is InChI=1S/C19H25F3N6.HI/c1-23-18(26-17-5-7-27(12-17)13-19(20,21)22)25-10-15-3-2-4-16(9-15)11-28-8-6-24-14-28;/h2-4,6,8-9,14,17H,5,7,10-13H2,1H3,(H2,23,25,26);1H. The fraction of sp³-hybridized carbons (Fsp3) is 0.474. The normalized spacial score (nSPS) is 17.8. The Labute approximate surface area is 185 Å². The summed E-state index contributed by atoms with van der Waals surface area (Å²) < 4.78 is 39.6. The predicted octanol–water partition coefficient (Wildman–Crippen LogP) is 2.85. The molecule has 0 saturated carbocycles. The number of hydrogen-bond acceptors (Lipinski definition) is 3. The minimum absolute atomic E-state index is 0. The summed E-state index contributed by atoms with van der Waals surface area (Å²) in [5.41, 5.74) is 2.27. The Morgan fingerprint density at radius 1 is 1.31 bits per heavy atom. The number of halogens is 4. The molecule has 2 aromatic rings. The number of aromatic nitrogens is 2. The maximum Gasteiger partial charge on any atom is 0.401 e. The van der Waals surface area contributed by atoms with Gasteiger partial charge in [0.15, 0.2) is 5.96 Å². The highest BCUT2D eigenvalue weighted by atomic mass is 127. The second-order valence-corrected chi connectivity index (χ2v) is 6.96. The molecule has 1 fully saturated rings. The molecule has 0 aliphatic carbocycles. The summed E-state index contributed by atoms with van der Waals surface area (Å²) in [4.78, 5) is 9.66. The van der Waals surface area contributed by atoms with Crippen LogP contribution in [0.4, 0.5) is 13.2 Å². The highest BCUT2D eigenvalue weighted by Crippen LogP contribution is 2.19. The van der Waals surface area contributed by atoms with E-state index in [4.69, 9.17) is 0 Å². The van der Waals surface area contributed by atoms with Crippen LogP contribution in [-0.2, 0) is 13.1 Å². The number of imidazole rings is 1. The average molecular weight is 522 g/mol. The van der Waals surface area contributed by atoms with Gasteiger partial charge in [0.2, 0.25) is 0 Å². The van der Waals surface area contributed by atoms with Crippen LogP contribution in [0.15, 0.2) is 48.0 Å². The van der Waals surface area contributed by atoms with Gasteiger partial charge in [-0.3, -0.25) is 9.89 Å². The number of nitrogens with one attached hydrogen (secondary N) is 2. The second-order valence-electron chi connectivity index (χ2n) is 6.96. The van der Waals surface area contributed by atoms with E-state index in [2.05, 4.69) is 32.7 Å². The molecule has 160 valence electrons. The summed E-state index contributed by atoms with van der Waals surface area (Å²) in [7, 11) is 1.66. The van der Waals surface area contributed by atoms with E-state index >= 15 is 0 Å². The van der Waals surface area contributed by atoms with E-state index < -0.39 is 12.7 Å². The lowest BCUT2D eigenvalue weighted by atomic mass is 10.1. The number of aliphatic imine (C=N–C) groups is 1. The zero-order valence-corrected chi connectivity index (χ0v) is 18.5. The number of hydrogen-bond donors (Lipinski definition) is 2. The Balaban J connectivity index is 0.00000300. The summed E-state index contributed by atoms with van der Waals surface area (Å²) in [6, 6.07) is 8.16. The van der Waals surface area contributed by atoms with Crippen molar-refractivity contribution >= 4 is 29.9 Å². The lowest BCUT2D eigenvalue weighted by Crippen LogP contribution is -2.44. The minimum Gasteiger partial charge on any atom is -0.352 e. The molecular weight excluding hydrogens is 496 g/mol. The third-order valence-electron chi connectivity index (χ3n) is 4.62. The molecule has 0 spiro atoms. The van der Waals surface area contributed by atoms with Crippen LogP contribution in [0.5, 0.6) is 0 Å². The largest absolute Gasteiger partial charge is 0.401 e. The van der Waals surface area contributed by atoms with E-state index in [9.17, 15) is 13.2 Å². The quantitative estimate of drug-likeness (QED) is 0.348. The van der Waals surface area contributed by atoms with E-state index in [0.29, 0.717) is 32.0 Å². The fourth-order valence-corrected chi connectivity index (χ4v) is 3.35. The molecule has 0 amide bonds. The van der Waals surface area contributed by atoms with Crippen molar-refractivity contribution in [3.8, 4) is 0 Å². The zero-order chi connectivity index (χ0) is 20.0. The van der Waals surface area contributed by atoms with Gasteiger partial charge >= 0.3 is 6.18 Å². The van der Waals surface area contributed by atoms with E-state index in [1.165, 1.54) is 10.5 Å². The molecule has 1 atom stereocenters. The summed E-state index contributed by atoms with van der Waals surface area (Å²) in [6.45, 7) is 1.26. The molecule has 1 aromatic carbocycles. The van der Waals surface area contributed by atoms with Crippen LogP contribution in [0, 0.1) is 0 Å². The lowest BCUT2D eigenvalue weighted by molar-refractivity contribution is -0.143. The Bertz CT molecular complexity index is 779. The molecule has 6 nitrogen and oxygen atoms in total. The van der Waals surface area contributed by atoms with Crippen LogP contribution < -0.4 is 10.6 Å². The molecule has 2 heterocycles. The monoisotopic (exact) mass is 522 g/mol. The lowest BCUT2D eigenvalue weighted by Gasteiger charge is -2.20. The first-order valence-electron chi connectivity index (χ1n) is 9.21. The van der Waals surface area contributed by atoms with Crippen LogP contribution in [0.25, 0.3) is 0 Å². The number of alkyl halides is 3. The van der Waals surface area contributed by atoms with E-state index in [1.54, 1.807) is 19.6 Å². The third-order valence-corrected chi connectivity index (χ3v) is 4.62. The first-order chi connectivity index (χ1) is 13.4. The van der Waals surface area contributed by atoms with Crippen molar-refractivity contribution in [2.24, 2.45) is 4.99 Å². The number of likely N-dealkylation sites (tertiary alicyclic amines) is 1. The van der Waals surface area contributed by atoms with Crippen molar-refractivity contribution in [3.05, 3.63) is 54.1 Å². The Morgan fingerprint density at radius 3 is 2.79 bits per heavy atom. The predicted molar refractivity (Wildman–Crippen MR) is 117 cm³/mol. The second kappa shape index (κ2) is 10.8. The van der Waals surface area contributed by atoms with E-state index in [0.717, 1.165) is 12.1 Å². The van der Waals surface area contributed by atoms with Gasteiger partial charge < -0.3 is 15.2 Å². The van der Waals surface area contributed by atoms with Gasteiger partial charge in [-0.05, 0) is 17.5 Å². The van der Waals surface area contributed by atoms with E-state index in [-0.39, 0.29) is 30.0 Å². The van der Waals surface area contributed by atoms with Crippen LogP contribution in [0.2, 0.25) is 0 Å². The fourth-order valence-electron chi connectivity index (χ4n) is 3.35. The Morgan fingerprint density at radius 2 is 2.10 bits per heavy atom. The topological polar surface area (TPSA) is 57.5 Å². The molecule has 1 aliphatic rings. The first kappa shape index (κ1) is 23.5. The SMILES string of the molecule is CN=C(NCc1cccc(Cn2ccnc2)c1)NC1CCN(CC(F)(F)F)C1.I. The van der Waals surface area contributed by atoms with Gasteiger partial charge in [0.05, 0.1) is 12.9 Å². The molecule has 3 rings (SSSR count). The van der Waals surface area contributed by atoms with E-state index in [1.807, 2.05) is 22.9 Å².